The van der Waals surface area contributed by atoms with Gasteiger partial charge in [-0.2, -0.15) is 5.10 Å². The molecule has 0 saturated heterocycles. The number of aromatic nitrogens is 3. The molecule has 1 aliphatic rings. The summed E-state index contributed by atoms with van der Waals surface area (Å²) in [6, 6.07) is 5.51. The Kier molecular flexibility index (Phi) is 3.59. The van der Waals surface area contributed by atoms with E-state index in [0.29, 0.717) is 5.89 Å². The van der Waals surface area contributed by atoms with Crippen molar-refractivity contribution in [2.75, 3.05) is 0 Å². The molecule has 0 N–H and O–H groups in total. The van der Waals surface area contributed by atoms with Crippen molar-refractivity contribution >= 4 is 0 Å². The summed E-state index contributed by atoms with van der Waals surface area (Å²) in [6.45, 7) is 1.79. The van der Waals surface area contributed by atoms with Gasteiger partial charge in [0.2, 0.25) is 0 Å². The highest BCUT2D eigenvalue weighted by atomic mass is 19.1. The molecule has 4 nitrogen and oxygen atoms in total. The number of hydrogen-bond donors (Lipinski definition) is 0. The molecule has 122 valence electrons. The van der Waals surface area contributed by atoms with Gasteiger partial charge in [-0.05, 0) is 43.0 Å². The van der Waals surface area contributed by atoms with Crippen LogP contribution >= 0.6 is 0 Å². The monoisotopic (exact) mass is 327 g/mol. The van der Waals surface area contributed by atoms with Gasteiger partial charge in [-0.25, -0.2) is 13.8 Å². The van der Waals surface area contributed by atoms with Gasteiger partial charge in [-0.1, -0.05) is 6.07 Å². The third-order valence-electron chi connectivity index (χ3n) is 4.38. The summed E-state index contributed by atoms with van der Waals surface area (Å²) < 4.78 is 33.6. The Morgan fingerprint density at radius 2 is 1.96 bits per heavy atom. The number of nitrogens with zero attached hydrogens (tertiary/aromatic N) is 3. The van der Waals surface area contributed by atoms with Crippen molar-refractivity contribution in [3.8, 4) is 11.3 Å². The van der Waals surface area contributed by atoms with E-state index in [2.05, 4.69) is 15.2 Å². The van der Waals surface area contributed by atoms with Crippen molar-refractivity contribution in [2.45, 2.75) is 32.1 Å². The molecular weight excluding hydrogens is 312 g/mol. The molecule has 1 aliphatic carbocycles. The summed E-state index contributed by atoms with van der Waals surface area (Å²) in [7, 11) is 0. The molecule has 3 aromatic rings. The number of hydrogen-bond acceptors (Lipinski definition) is 4. The third kappa shape index (κ3) is 2.48. The van der Waals surface area contributed by atoms with Crippen LogP contribution in [-0.4, -0.2) is 15.2 Å². The number of benzene rings is 1. The lowest BCUT2D eigenvalue weighted by molar-refractivity contribution is 0.428. The summed E-state index contributed by atoms with van der Waals surface area (Å²) in [4.78, 5) is 4.14. The SMILES string of the molecule is Cc1ncc(C2CCCc3cc(-c4c(F)cccc4F)nnc32)o1. The highest BCUT2D eigenvalue weighted by molar-refractivity contribution is 5.61. The van der Waals surface area contributed by atoms with Crippen LogP contribution in [0.1, 0.15) is 41.7 Å². The maximum atomic E-state index is 14.0. The predicted octanol–water partition coefficient (Wildman–Crippen LogP) is 4.19. The Morgan fingerprint density at radius 1 is 1.17 bits per heavy atom. The fraction of sp³-hybridized carbons (Fsp3) is 0.278. The molecule has 0 bridgehead atoms. The Bertz CT molecular complexity index is 887. The van der Waals surface area contributed by atoms with E-state index in [1.807, 2.05) is 0 Å². The summed E-state index contributed by atoms with van der Waals surface area (Å²) in [6.07, 6.45) is 4.35. The van der Waals surface area contributed by atoms with Gasteiger partial charge in [0.1, 0.15) is 17.4 Å². The van der Waals surface area contributed by atoms with Crippen molar-refractivity contribution < 1.29 is 13.2 Å². The molecule has 0 fully saturated rings. The van der Waals surface area contributed by atoms with Crippen LogP contribution in [0.2, 0.25) is 0 Å². The van der Waals surface area contributed by atoms with E-state index in [1.54, 1.807) is 19.2 Å². The molecule has 0 radical (unpaired) electrons. The van der Waals surface area contributed by atoms with Gasteiger partial charge in [0.25, 0.3) is 0 Å². The summed E-state index contributed by atoms with van der Waals surface area (Å²) in [5.74, 6) is 0.0783. The summed E-state index contributed by atoms with van der Waals surface area (Å²) >= 11 is 0. The number of rotatable bonds is 2. The fourth-order valence-electron chi connectivity index (χ4n) is 3.25. The summed E-state index contributed by atoms with van der Waals surface area (Å²) in [5.41, 5.74) is 1.84. The molecule has 1 unspecified atom stereocenters. The Hall–Kier alpha value is -2.63. The maximum Gasteiger partial charge on any atom is 0.191 e. The van der Waals surface area contributed by atoms with E-state index in [0.717, 1.165) is 36.3 Å². The van der Waals surface area contributed by atoms with Gasteiger partial charge in [0.15, 0.2) is 5.89 Å². The average Bonchev–Trinajstić information content (AvgIpc) is 3.00. The van der Waals surface area contributed by atoms with Gasteiger partial charge in [-0.15, -0.1) is 5.10 Å². The van der Waals surface area contributed by atoms with E-state index in [1.165, 1.54) is 18.2 Å². The van der Waals surface area contributed by atoms with Crippen LogP contribution in [0, 0.1) is 18.6 Å². The highest BCUT2D eigenvalue weighted by Gasteiger charge is 2.28. The quantitative estimate of drug-likeness (QED) is 0.708. The Labute approximate surface area is 137 Å². The van der Waals surface area contributed by atoms with Crippen LogP contribution in [0.25, 0.3) is 11.3 Å². The zero-order chi connectivity index (χ0) is 16.7. The molecule has 24 heavy (non-hydrogen) atoms. The first kappa shape index (κ1) is 14.9. The largest absolute Gasteiger partial charge is 0.445 e. The number of aryl methyl sites for hydroxylation is 2. The molecule has 1 atom stereocenters. The van der Waals surface area contributed by atoms with E-state index >= 15 is 0 Å². The van der Waals surface area contributed by atoms with Crippen molar-refractivity contribution in [3.63, 3.8) is 0 Å². The second-order valence-corrected chi connectivity index (χ2v) is 5.96. The van der Waals surface area contributed by atoms with Gasteiger partial charge in [0, 0.05) is 6.92 Å². The minimum Gasteiger partial charge on any atom is -0.445 e. The minimum atomic E-state index is -0.637. The Balaban J connectivity index is 1.78. The topological polar surface area (TPSA) is 51.8 Å². The van der Waals surface area contributed by atoms with Crippen LogP contribution in [-0.2, 0) is 6.42 Å². The highest BCUT2D eigenvalue weighted by Crippen LogP contribution is 2.37. The van der Waals surface area contributed by atoms with Gasteiger partial charge in [-0.3, -0.25) is 0 Å². The standard InChI is InChI=1S/C18H15F2N3O/c1-10-21-9-16(24-10)12-5-2-4-11-8-15(22-23-18(11)12)17-13(19)6-3-7-14(17)20/h3,6-9,12H,2,4-5H2,1H3. The van der Waals surface area contributed by atoms with E-state index in [9.17, 15) is 8.78 Å². The van der Waals surface area contributed by atoms with Crippen LogP contribution in [0.3, 0.4) is 0 Å². The molecule has 2 aromatic heterocycles. The Morgan fingerprint density at radius 3 is 2.67 bits per heavy atom. The maximum absolute atomic E-state index is 14.0. The third-order valence-corrected chi connectivity index (χ3v) is 4.38. The number of fused-ring (bicyclic) bond motifs is 1. The zero-order valence-electron chi connectivity index (χ0n) is 13.1. The minimum absolute atomic E-state index is 0.0121. The van der Waals surface area contributed by atoms with Crippen molar-refractivity contribution in [3.05, 3.63) is 65.0 Å². The fourth-order valence-corrected chi connectivity index (χ4v) is 3.25. The van der Waals surface area contributed by atoms with Gasteiger partial charge in [0.05, 0.1) is 29.1 Å². The lowest BCUT2D eigenvalue weighted by atomic mass is 9.85. The molecule has 1 aromatic carbocycles. The molecular formula is C18H15F2N3O. The number of oxazole rings is 1. The molecule has 0 saturated carbocycles. The molecule has 6 heteroatoms. The lowest BCUT2D eigenvalue weighted by Crippen LogP contribution is -2.14. The zero-order valence-corrected chi connectivity index (χ0v) is 13.1. The first-order chi connectivity index (χ1) is 11.6. The van der Waals surface area contributed by atoms with Crippen LogP contribution in [0.4, 0.5) is 8.78 Å². The summed E-state index contributed by atoms with van der Waals surface area (Å²) in [5, 5.41) is 8.35. The average molecular weight is 327 g/mol. The normalized spacial score (nSPS) is 16.9. The van der Waals surface area contributed by atoms with Crippen LogP contribution < -0.4 is 0 Å². The van der Waals surface area contributed by atoms with Crippen LogP contribution in [0.15, 0.2) is 34.9 Å². The first-order valence-electron chi connectivity index (χ1n) is 7.86. The number of halogens is 2. The molecule has 2 heterocycles. The molecule has 0 amide bonds. The van der Waals surface area contributed by atoms with Crippen molar-refractivity contribution in [1.29, 1.82) is 0 Å². The van der Waals surface area contributed by atoms with Crippen molar-refractivity contribution in [1.82, 2.24) is 15.2 Å². The van der Waals surface area contributed by atoms with Crippen molar-refractivity contribution in [2.24, 2.45) is 0 Å². The molecule has 0 spiro atoms. The first-order valence-corrected chi connectivity index (χ1v) is 7.86. The van der Waals surface area contributed by atoms with E-state index in [-0.39, 0.29) is 17.2 Å². The second kappa shape index (κ2) is 5.78. The smallest absolute Gasteiger partial charge is 0.191 e. The van der Waals surface area contributed by atoms with E-state index < -0.39 is 11.6 Å². The second-order valence-electron chi connectivity index (χ2n) is 5.96. The molecule has 0 aliphatic heterocycles. The van der Waals surface area contributed by atoms with Gasteiger partial charge >= 0.3 is 0 Å². The van der Waals surface area contributed by atoms with Crippen LogP contribution in [0.5, 0.6) is 0 Å². The molecule has 4 rings (SSSR count). The lowest BCUT2D eigenvalue weighted by Gasteiger charge is -2.22. The van der Waals surface area contributed by atoms with E-state index in [4.69, 9.17) is 4.42 Å². The van der Waals surface area contributed by atoms with Gasteiger partial charge < -0.3 is 4.42 Å². The predicted molar refractivity (Wildman–Crippen MR) is 83.4 cm³/mol.